The summed E-state index contributed by atoms with van der Waals surface area (Å²) in [4.78, 5) is 11.9. The van der Waals surface area contributed by atoms with E-state index in [2.05, 4.69) is 10.4 Å². The van der Waals surface area contributed by atoms with Crippen LogP contribution >= 0.6 is 11.6 Å². The number of amides is 1. The van der Waals surface area contributed by atoms with Crippen LogP contribution in [0.3, 0.4) is 0 Å². The van der Waals surface area contributed by atoms with Crippen molar-refractivity contribution >= 4 is 17.5 Å². The van der Waals surface area contributed by atoms with Gasteiger partial charge in [-0.15, -0.1) is 0 Å². The molecule has 1 heterocycles. The first kappa shape index (κ1) is 14.9. The van der Waals surface area contributed by atoms with Gasteiger partial charge in [0.1, 0.15) is 5.15 Å². The maximum absolute atomic E-state index is 11.9. The van der Waals surface area contributed by atoms with Crippen LogP contribution in [0.2, 0.25) is 5.15 Å². The number of aromatic nitrogens is 2. The van der Waals surface area contributed by atoms with Gasteiger partial charge >= 0.3 is 0 Å². The number of aryl methyl sites for hydroxylation is 2. The van der Waals surface area contributed by atoms with Gasteiger partial charge in [-0.3, -0.25) is 9.48 Å². The molecule has 0 aliphatic rings. The molecular weight excluding hydrogens is 258 g/mol. The Morgan fingerprint density at radius 2 is 2.28 bits per heavy atom. The van der Waals surface area contributed by atoms with E-state index < -0.39 is 0 Å². The van der Waals surface area contributed by atoms with E-state index in [1.165, 1.54) is 4.68 Å². The van der Waals surface area contributed by atoms with Crippen LogP contribution in [0.1, 0.15) is 22.5 Å². The fourth-order valence-electron chi connectivity index (χ4n) is 1.52. The zero-order chi connectivity index (χ0) is 13.5. The topological polar surface area (TPSA) is 76.4 Å². The first-order valence-corrected chi connectivity index (χ1v) is 6.11. The van der Waals surface area contributed by atoms with E-state index in [1.54, 1.807) is 14.0 Å². The average Bonchev–Trinajstić information content (AvgIpc) is 2.58. The van der Waals surface area contributed by atoms with Gasteiger partial charge in [0.05, 0.1) is 24.5 Å². The molecule has 0 atom stereocenters. The minimum atomic E-state index is -0.229. The van der Waals surface area contributed by atoms with E-state index >= 15 is 0 Å². The molecule has 0 bridgehead atoms. The van der Waals surface area contributed by atoms with Crippen molar-refractivity contribution in [3.8, 4) is 0 Å². The van der Waals surface area contributed by atoms with Crippen molar-refractivity contribution in [2.24, 2.45) is 7.05 Å². The molecule has 18 heavy (non-hydrogen) atoms. The van der Waals surface area contributed by atoms with E-state index in [9.17, 15) is 4.79 Å². The Labute approximate surface area is 111 Å². The van der Waals surface area contributed by atoms with Gasteiger partial charge in [0.2, 0.25) is 0 Å². The highest BCUT2D eigenvalue weighted by molar-refractivity contribution is 6.33. The Hall–Kier alpha value is -1.11. The second kappa shape index (κ2) is 7.35. The molecule has 0 saturated carbocycles. The Bertz CT molecular complexity index is 406. The molecule has 6 nitrogen and oxygen atoms in total. The zero-order valence-electron chi connectivity index (χ0n) is 10.6. The molecule has 0 fully saturated rings. The molecule has 0 aliphatic heterocycles. The van der Waals surface area contributed by atoms with Gasteiger partial charge in [-0.1, -0.05) is 11.6 Å². The van der Waals surface area contributed by atoms with Gasteiger partial charge in [0.15, 0.2) is 0 Å². The summed E-state index contributed by atoms with van der Waals surface area (Å²) >= 11 is 5.98. The van der Waals surface area contributed by atoms with E-state index in [1.807, 2.05) is 0 Å². The predicted molar refractivity (Wildman–Crippen MR) is 67.8 cm³/mol. The molecule has 1 aromatic rings. The molecule has 0 unspecified atom stereocenters. The number of aliphatic hydroxyl groups excluding tert-OH is 1. The van der Waals surface area contributed by atoms with Crippen molar-refractivity contribution in [2.45, 2.75) is 13.3 Å². The van der Waals surface area contributed by atoms with Crippen molar-refractivity contribution in [1.29, 1.82) is 0 Å². The second-order valence-electron chi connectivity index (χ2n) is 3.82. The fourth-order valence-corrected chi connectivity index (χ4v) is 1.78. The highest BCUT2D eigenvalue weighted by atomic mass is 35.5. The van der Waals surface area contributed by atoms with Crippen molar-refractivity contribution in [1.82, 2.24) is 15.1 Å². The first-order chi connectivity index (χ1) is 8.57. The summed E-state index contributed by atoms with van der Waals surface area (Å²) in [5.41, 5.74) is 1.02. The highest BCUT2D eigenvalue weighted by Gasteiger charge is 2.18. The van der Waals surface area contributed by atoms with Gasteiger partial charge < -0.3 is 15.2 Å². The average molecular weight is 276 g/mol. The summed E-state index contributed by atoms with van der Waals surface area (Å²) in [6.07, 6.45) is 0.683. The minimum absolute atomic E-state index is 0.0108. The lowest BCUT2D eigenvalue weighted by atomic mass is 10.2. The Kier molecular flexibility index (Phi) is 6.11. The van der Waals surface area contributed by atoms with Crippen LogP contribution in [0, 0.1) is 6.92 Å². The van der Waals surface area contributed by atoms with Crippen LogP contribution in [0.4, 0.5) is 0 Å². The van der Waals surface area contributed by atoms with E-state index in [-0.39, 0.29) is 12.5 Å². The Morgan fingerprint density at radius 1 is 1.56 bits per heavy atom. The third kappa shape index (κ3) is 3.97. The van der Waals surface area contributed by atoms with Crippen LogP contribution in [0.5, 0.6) is 0 Å². The Morgan fingerprint density at radius 3 is 2.83 bits per heavy atom. The molecule has 0 spiro atoms. The summed E-state index contributed by atoms with van der Waals surface area (Å²) in [5.74, 6) is -0.229. The smallest absolute Gasteiger partial charge is 0.256 e. The van der Waals surface area contributed by atoms with Crippen molar-refractivity contribution in [2.75, 3.05) is 26.4 Å². The number of carbonyl (C=O) groups excluding carboxylic acids is 1. The molecule has 0 aromatic carbocycles. The van der Waals surface area contributed by atoms with E-state index in [4.69, 9.17) is 21.4 Å². The number of rotatable bonds is 7. The van der Waals surface area contributed by atoms with Crippen LogP contribution < -0.4 is 5.32 Å². The van der Waals surface area contributed by atoms with Crippen molar-refractivity contribution in [3.63, 3.8) is 0 Å². The van der Waals surface area contributed by atoms with Crippen LogP contribution in [-0.2, 0) is 11.8 Å². The molecule has 1 rings (SSSR count). The molecule has 102 valence electrons. The molecule has 1 aromatic heterocycles. The maximum atomic E-state index is 11.9. The summed E-state index contributed by atoms with van der Waals surface area (Å²) < 4.78 is 6.55. The van der Waals surface area contributed by atoms with Crippen molar-refractivity contribution < 1.29 is 14.6 Å². The number of ether oxygens (including phenoxy) is 1. The normalized spacial score (nSPS) is 10.7. The monoisotopic (exact) mass is 275 g/mol. The van der Waals surface area contributed by atoms with Gasteiger partial charge in [0.25, 0.3) is 5.91 Å². The summed E-state index contributed by atoms with van der Waals surface area (Å²) in [7, 11) is 1.69. The summed E-state index contributed by atoms with van der Waals surface area (Å²) in [5, 5.41) is 15.7. The predicted octanol–water partition coefficient (Wildman–Crippen LogP) is 0.511. The number of hydrogen-bond acceptors (Lipinski definition) is 4. The van der Waals surface area contributed by atoms with Crippen molar-refractivity contribution in [3.05, 3.63) is 16.4 Å². The number of aliphatic hydroxyl groups is 1. The molecule has 1 amide bonds. The Balaban J connectivity index is 2.37. The van der Waals surface area contributed by atoms with Crippen LogP contribution in [-0.4, -0.2) is 47.2 Å². The number of nitrogens with zero attached hydrogens (tertiary/aromatic N) is 2. The maximum Gasteiger partial charge on any atom is 0.256 e. The number of hydrogen-bond donors (Lipinski definition) is 2. The lowest BCUT2D eigenvalue weighted by Gasteiger charge is -2.05. The van der Waals surface area contributed by atoms with Crippen LogP contribution in [0.25, 0.3) is 0 Å². The minimum Gasteiger partial charge on any atom is -0.394 e. The zero-order valence-corrected chi connectivity index (χ0v) is 11.3. The molecular formula is C11H18ClN3O3. The lowest BCUT2D eigenvalue weighted by Crippen LogP contribution is -2.26. The molecule has 0 radical (unpaired) electrons. The standard InChI is InChI=1S/C11H18ClN3O3/c1-8-9(10(12)15(2)14-8)11(17)13-4-3-6-18-7-5-16/h16H,3-7H2,1-2H3,(H,13,17). The SMILES string of the molecule is Cc1nn(C)c(Cl)c1C(=O)NCCCOCCO. The van der Waals surface area contributed by atoms with Gasteiger partial charge in [-0.05, 0) is 13.3 Å². The van der Waals surface area contributed by atoms with Gasteiger partial charge in [-0.2, -0.15) is 5.10 Å². The van der Waals surface area contributed by atoms with Gasteiger partial charge in [0, 0.05) is 20.2 Å². The first-order valence-electron chi connectivity index (χ1n) is 5.73. The molecule has 0 aliphatic carbocycles. The number of nitrogens with one attached hydrogen (secondary N) is 1. The van der Waals surface area contributed by atoms with E-state index in [0.717, 1.165) is 0 Å². The second-order valence-corrected chi connectivity index (χ2v) is 4.18. The van der Waals surface area contributed by atoms with Crippen LogP contribution in [0.15, 0.2) is 0 Å². The third-order valence-electron chi connectivity index (χ3n) is 2.37. The molecule has 7 heteroatoms. The molecule has 0 saturated heterocycles. The summed E-state index contributed by atoms with van der Waals surface area (Å²) in [6.45, 7) is 3.07. The third-order valence-corrected chi connectivity index (χ3v) is 2.80. The van der Waals surface area contributed by atoms with E-state index in [0.29, 0.717) is 42.6 Å². The van der Waals surface area contributed by atoms with Gasteiger partial charge in [-0.25, -0.2) is 0 Å². The fraction of sp³-hybridized carbons (Fsp3) is 0.636. The lowest BCUT2D eigenvalue weighted by molar-refractivity contribution is 0.0867. The largest absolute Gasteiger partial charge is 0.394 e. The number of carbonyl (C=O) groups is 1. The number of halogens is 1. The quantitative estimate of drug-likeness (QED) is 0.711. The summed E-state index contributed by atoms with van der Waals surface area (Å²) in [6, 6.07) is 0. The highest BCUT2D eigenvalue weighted by Crippen LogP contribution is 2.18. The molecule has 2 N–H and O–H groups in total.